The molecule has 2 aromatic carbocycles. The minimum absolute atomic E-state index is 0.0408. The second-order valence-corrected chi connectivity index (χ2v) is 11.6. The number of phenolic OH excluding ortho intramolecular Hbond substituents is 1. The average Bonchev–Trinajstić information content (AvgIpc) is 2.96. The van der Waals surface area contributed by atoms with Gasteiger partial charge in [-0.1, -0.05) is 70.7 Å². The zero-order valence-electron chi connectivity index (χ0n) is 24.0. The number of aliphatic hydroxyl groups excluding tert-OH is 1. The molecule has 0 aliphatic carbocycles. The smallest absolute Gasteiger partial charge is 0.134 e. The number of hydrogen-bond acceptors (Lipinski definition) is 6. The van der Waals surface area contributed by atoms with E-state index in [1.807, 2.05) is 72.8 Å². The number of fused-ring (bicyclic) bond motifs is 3. The van der Waals surface area contributed by atoms with Gasteiger partial charge < -0.3 is 15.9 Å². The van der Waals surface area contributed by atoms with Crippen molar-refractivity contribution in [2.24, 2.45) is 11.7 Å². The van der Waals surface area contributed by atoms with Crippen LogP contribution in [0.1, 0.15) is 45.4 Å². The fourth-order valence-electron chi connectivity index (χ4n) is 4.83. The maximum Gasteiger partial charge on any atom is 0.134 e. The molecule has 6 heteroatoms. The number of pyridine rings is 3. The maximum atomic E-state index is 11.5. The fraction of sp³-hybridized carbons (Fsp3) is 0.229. The van der Waals surface area contributed by atoms with Gasteiger partial charge in [-0.05, 0) is 66.3 Å². The highest BCUT2D eigenvalue weighted by molar-refractivity contribution is 6.04. The topological polar surface area (TPSA) is 105 Å². The number of nitrogens with two attached hydrogens (primary N) is 1. The summed E-state index contributed by atoms with van der Waals surface area (Å²) in [5.74, 6) is 0.358. The van der Waals surface area contributed by atoms with Crippen molar-refractivity contribution in [2.45, 2.75) is 39.5 Å². The second kappa shape index (κ2) is 11.1. The fourth-order valence-corrected chi connectivity index (χ4v) is 4.83. The van der Waals surface area contributed by atoms with Crippen LogP contribution in [0.4, 0.5) is 0 Å². The van der Waals surface area contributed by atoms with Gasteiger partial charge >= 0.3 is 0 Å². The summed E-state index contributed by atoms with van der Waals surface area (Å²) in [6, 6.07) is 21.5. The molecule has 0 fully saturated rings. The largest absolute Gasteiger partial charge is 0.508 e. The summed E-state index contributed by atoms with van der Waals surface area (Å²) in [6.07, 6.45) is 4.36. The van der Waals surface area contributed by atoms with Crippen molar-refractivity contribution in [3.05, 3.63) is 103 Å². The van der Waals surface area contributed by atoms with Gasteiger partial charge in [-0.15, -0.1) is 0 Å². The van der Waals surface area contributed by atoms with Crippen molar-refractivity contribution in [2.75, 3.05) is 6.54 Å². The van der Waals surface area contributed by atoms with Crippen molar-refractivity contribution in [3.8, 4) is 28.3 Å². The van der Waals surface area contributed by atoms with Crippen LogP contribution in [0.15, 0.2) is 91.3 Å². The van der Waals surface area contributed by atoms with Crippen molar-refractivity contribution < 1.29 is 10.2 Å². The van der Waals surface area contributed by atoms with Crippen LogP contribution in [0, 0.1) is 5.92 Å². The van der Waals surface area contributed by atoms with E-state index in [2.05, 4.69) is 39.3 Å². The number of aromatic hydroxyl groups is 1. The van der Waals surface area contributed by atoms with E-state index in [0.29, 0.717) is 57.8 Å². The molecule has 0 aliphatic heterocycles. The molecule has 0 saturated carbocycles. The number of aliphatic hydroxyl groups is 1. The van der Waals surface area contributed by atoms with E-state index in [0.717, 1.165) is 16.3 Å². The molecule has 0 unspecified atom stereocenters. The number of allylic oxidation sites excluding steroid dienone is 2. The Morgan fingerprint density at radius 1 is 0.927 bits per heavy atom. The van der Waals surface area contributed by atoms with E-state index < -0.39 is 0 Å². The highest BCUT2D eigenvalue weighted by Crippen LogP contribution is 2.41. The van der Waals surface area contributed by atoms with Gasteiger partial charge in [0.1, 0.15) is 11.5 Å². The first-order valence-electron chi connectivity index (χ1n) is 13.9. The van der Waals surface area contributed by atoms with Crippen LogP contribution in [0.25, 0.3) is 49.9 Å². The number of hydrogen-bond donors (Lipinski definition) is 3. The Morgan fingerprint density at radius 3 is 2.17 bits per heavy atom. The lowest BCUT2D eigenvalue weighted by atomic mass is 9.83. The third-order valence-electron chi connectivity index (χ3n) is 7.43. The zero-order valence-corrected chi connectivity index (χ0v) is 24.0. The molecule has 208 valence electrons. The van der Waals surface area contributed by atoms with Crippen molar-refractivity contribution >= 4 is 27.4 Å². The van der Waals surface area contributed by atoms with Crippen LogP contribution in [0.2, 0.25) is 0 Å². The molecule has 3 heterocycles. The molecular weight excluding hydrogens is 508 g/mol. The Morgan fingerprint density at radius 2 is 1.56 bits per heavy atom. The second-order valence-electron chi connectivity index (χ2n) is 11.6. The lowest BCUT2D eigenvalue weighted by molar-refractivity contribution is 0.439. The maximum absolute atomic E-state index is 11.5. The summed E-state index contributed by atoms with van der Waals surface area (Å²) in [5, 5.41) is 23.8. The number of phenols is 1. The van der Waals surface area contributed by atoms with E-state index in [-0.39, 0.29) is 22.8 Å². The molecule has 1 atom stereocenters. The first-order valence-corrected chi connectivity index (χ1v) is 13.9. The summed E-state index contributed by atoms with van der Waals surface area (Å²) in [7, 11) is 0. The number of rotatable bonds is 7. The predicted octanol–water partition coefficient (Wildman–Crippen LogP) is 7.96. The SMILES string of the molecule is C=C(O)/C(=C\C[C@@H](C)CN)c1ccc2ccc3ccc(-c4cc(C(C)(C)C)cc(-c5ccccn5)c4O)nc3c2n1. The van der Waals surface area contributed by atoms with Crippen LogP contribution >= 0.6 is 0 Å². The van der Waals surface area contributed by atoms with E-state index in [9.17, 15) is 10.2 Å². The molecule has 5 rings (SSSR count). The number of aromatic nitrogens is 3. The third-order valence-corrected chi connectivity index (χ3v) is 7.43. The Labute approximate surface area is 240 Å². The molecule has 0 aliphatic rings. The van der Waals surface area contributed by atoms with E-state index >= 15 is 0 Å². The molecule has 0 bridgehead atoms. The zero-order chi connectivity index (χ0) is 29.3. The molecule has 0 radical (unpaired) electrons. The highest BCUT2D eigenvalue weighted by atomic mass is 16.3. The molecule has 0 saturated heterocycles. The standard InChI is InChI=1S/C35H36N4O2/c1-21(20-36)9-14-26(22(2)40)30-15-12-23-10-11-24-13-16-31(39-33(24)32(23)38-30)28-19-25(35(3,4)5)18-27(34(28)41)29-8-6-7-17-37-29/h6-8,10-19,21,40-41H,2,9,20,36H2,1,3-5H3/b26-14+/t21-/m1/s1. The quantitative estimate of drug-likeness (QED) is 0.109. The minimum atomic E-state index is -0.164. The van der Waals surface area contributed by atoms with E-state index in [4.69, 9.17) is 15.7 Å². The van der Waals surface area contributed by atoms with Crippen LogP contribution in [0.5, 0.6) is 5.75 Å². The van der Waals surface area contributed by atoms with Gasteiger partial charge in [0, 0.05) is 33.7 Å². The minimum Gasteiger partial charge on any atom is -0.508 e. The van der Waals surface area contributed by atoms with Crippen LogP contribution in [-0.2, 0) is 5.41 Å². The Hall–Kier alpha value is -4.55. The molecule has 4 N–H and O–H groups in total. The van der Waals surface area contributed by atoms with Crippen molar-refractivity contribution in [3.63, 3.8) is 0 Å². The molecular formula is C35H36N4O2. The van der Waals surface area contributed by atoms with Crippen LogP contribution in [-0.4, -0.2) is 31.7 Å². The third kappa shape index (κ3) is 5.70. The monoisotopic (exact) mass is 544 g/mol. The van der Waals surface area contributed by atoms with E-state index in [1.54, 1.807) is 6.20 Å². The van der Waals surface area contributed by atoms with Gasteiger partial charge in [0.05, 0.1) is 28.1 Å². The van der Waals surface area contributed by atoms with Crippen molar-refractivity contribution in [1.29, 1.82) is 0 Å². The van der Waals surface area contributed by atoms with Gasteiger partial charge in [-0.25, -0.2) is 9.97 Å². The summed E-state index contributed by atoms with van der Waals surface area (Å²) in [4.78, 5) is 14.5. The first kappa shape index (κ1) is 28.0. The van der Waals surface area contributed by atoms with Gasteiger partial charge in [-0.2, -0.15) is 0 Å². The molecule has 41 heavy (non-hydrogen) atoms. The Bertz CT molecular complexity index is 1790. The predicted molar refractivity (Wildman–Crippen MR) is 169 cm³/mol. The molecule has 6 nitrogen and oxygen atoms in total. The highest BCUT2D eigenvalue weighted by Gasteiger charge is 2.22. The summed E-state index contributed by atoms with van der Waals surface area (Å²) in [5.41, 5.74) is 11.9. The molecule has 0 spiro atoms. The lowest BCUT2D eigenvalue weighted by Gasteiger charge is -2.22. The van der Waals surface area contributed by atoms with Gasteiger partial charge in [0.25, 0.3) is 0 Å². The average molecular weight is 545 g/mol. The molecule has 5 aromatic rings. The van der Waals surface area contributed by atoms with Gasteiger partial charge in [-0.3, -0.25) is 4.98 Å². The first-order chi connectivity index (χ1) is 19.6. The molecule has 3 aromatic heterocycles. The summed E-state index contributed by atoms with van der Waals surface area (Å²) >= 11 is 0. The lowest BCUT2D eigenvalue weighted by Crippen LogP contribution is -2.11. The van der Waals surface area contributed by atoms with Crippen LogP contribution < -0.4 is 5.73 Å². The number of nitrogens with zero attached hydrogens (tertiary/aromatic N) is 3. The van der Waals surface area contributed by atoms with Crippen LogP contribution in [0.3, 0.4) is 0 Å². The number of benzene rings is 2. The van der Waals surface area contributed by atoms with E-state index in [1.165, 1.54) is 0 Å². The van der Waals surface area contributed by atoms with Gasteiger partial charge in [0.15, 0.2) is 0 Å². The Balaban J connectivity index is 1.72. The molecule has 0 amide bonds. The normalized spacial score (nSPS) is 13.0. The summed E-state index contributed by atoms with van der Waals surface area (Å²) < 4.78 is 0. The summed E-state index contributed by atoms with van der Waals surface area (Å²) in [6.45, 7) is 12.8. The Kier molecular flexibility index (Phi) is 7.61. The van der Waals surface area contributed by atoms with Gasteiger partial charge in [0.2, 0.25) is 0 Å². The van der Waals surface area contributed by atoms with Crippen molar-refractivity contribution in [1.82, 2.24) is 15.0 Å².